The van der Waals surface area contributed by atoms with Gasteiger partial charge in [-0.05, 0) is 46.0 Å². The molecule has 0 N–H and O–H groups in total. The smallest absolute Gasteiger partial charge is 0.308 e. The van der Waals surface area contributed by atoms with Gasteiger partial charge < -0.3 is 4.74 Å². The summed E-state index contributed by atoms with van der Waals surface area (Å²) in [5, 5.41) is 6.72. The number of benzene rings is 4. The molecule has 23 heavy (non-hydrogen) atoms. The fraction of sp³-hybridized carbons (Fsp3) is 0.0952. The van der Waals surface area contributed by atoms with E-state index in [-0.39, 0.29) is 5.97 Å². The van der Waals surface area contributed by atoms with Crippen LogP contribution < -0.4 is 4.74 Å². The summed E-state index contributed by atoms with van der Waals surface area (Å²) in [6.45, 7) is 3.46. The van der Waals surface area contributed by atoms with Gasteiger partial charge in [-0.1, -0.05) is 48.5 Å². The second-order valence-electron chi connectivity index (χ2n) is 5.84. The summed E-state index contributed by atoms with van der Waals surface area (Å²) in [5.41, 5.74) is 0.999. The molecule has 0 radical (unpaired) electrons. The molecule has 0 saturated carbocycles. The largest absolute Gasteiger partial charge is 0.426 e. The number of ether oxygens (including phenoxy) is 1. The number of esters is 1. The fourth-order valence-corrected chi connectivity index (χ4v) is 3.30. The van der Waals surface area contributed by atoms with E-state index in [0.717, 1.165) is 27.1 Å². The Morgan fingerprint density at radius 3 is 2.00 bits per heavy atom. The number of hydrogen-bond acceptors (Lipinski definition) is 2. The van der Waals surface area contributed by atoms with Crippen molar-refractivity contribution in [1.29, 1.82) is 0 Å². The second-order valence-corrected chi connectivity index (χ2v) is 5.84. The van der Waals surface area contributed by atoms with Crippen molar-refractivity contribution in [3.63, 3.8) is 0 Å². The van der Waals surface area contributed by atoms with Crippen LogP contribution in [0, 0.1) is 6.92 Å². The Morgan fingerprint density at radius 2 is 1.35 bits per heavy atom. The molecule has 0 fully saturated rings. The summed E-state index contributed by atoms with van der Waals surface area (Å²) in [6.07, 6.45) is 0. The van der Waals surface area contributed by atoms with Crippen molar-refractivity contribution >= 4 is 38.3 Å². The van der Waals surface area contributed by atoms with Gasteiger partial charge in [0, 0.05) is 17.9 Å². The van der Waals surface area contributed by atoms with E-state index in [1.165, 1.54) is 17.7 Å². The molecule has 0 heterocycles. The molecular weight excluding hydrogens is 284 g/mol. The highest BCUT2D eigenvalue weighted by Gasteiger charge is 2.14. The van der Waals surface area contributed by atoms with Gasteiger partial charge in [-0.15, -0.1) is 0 Å². The molecule has 0 aliphatic heterocycles. The standard InChI is InChI=1S/C21H16O2/c1-13-17-9-5-6-10-18(17)19-11-15-7-3-4-8-16(15)12-20(19)21(13)23-14(2)22/h3-12H,1-2H3. The van der Waals surface area contributed by atoms with Crippen LogP contribution in [0.3, 0.4) is 0 Å². The van der Waals surface area contributed by atoms with Gasteiger partial charge in [-0.2, -0.15) is 0 Å². The van der Waals surface area contributed by atoms with Crippen LogP contribution in [0.25, 0.3) is 32.3 Å². The first-order valence-electron chi connectivity index (χ1n) is 7.67. The van der Waals surface area contributed by atoms with E-state index in [9.17, 15) is 4.79 Å². The van der Waals surface area contributed by atoms with Crippen LogP contribution in [0.2, 0.25) is 0 Å². The van der Waals surface area contributed by atoms with E-state index < -0.39 is 0 Å². The monoisotopic (exact) mass is 300 g/mol. The molecule has 4 rings (SSSR count). The Labute approximate surface area is 134 Å². The molecule has 0 aromatic heterocycles. The molecule has 4 aromatic carbocycles. The maximum Gasteiger partial charge on any atom is 0.308 e. The van der Waals surface area contributed by atoms with Gasteiger partial charge in [-0.25, -0.2) is 0 Å². The highest BCUT2D eigenvalue weighted by atomic mass is 16.5. The molecule has 4 aromatic rings. The third-order valence-electron chi connectivity index (χ3n) is 4.34. The minimum atomic E-state index is -0.294. The third-order valence-corrected chi connectivity index (χ3v) is 4.34. The number of aryl methyl sites for hydroxylation is 1. The minimum Gasteiger partial charge on any atom is -0.426 e. The summed E-state index contributed by atoms with van der Waals surface area (Å²) in [7, 11) is 0. The van der Waals surface area contributed by atoms with Gasteiger partial charge in [0.05, 0.1) is 0 Å². The van der Waals surface area contributed by atoms with E-state index in [1.54, 1.807) is 0 Å². The maximum absolute atomic E-state index is 11.6. The number of fused-ring (bicyclic) bond motifs is 4. The molecule has 0 aliphatic carbocycles. The third kappa shape index (κ3) is 2.15. The quantitative estimate of drug-likeness (QED) is 0.204. The van der Waals surface area contributed by atoms with Crippen molar-refractivity contribution in [1.82, 2.24) is 0 Å². The zero-order chi connectivity index (χ0) is 16.0. The molecule has 0 aliphatic rings. The van der Waals surface area contributed by atoms with Crippen molar-refractivity contribution in [2.75, 3.05) is 0 Å². The molecule has 2 nitrogen and oxygen atoms in total. The molecule has 2 heteroatoms. The van der Waals surface area contributed by atoms with E-state index in [4.69, 9.17) is 4.74 Å². The van der Waals surface area contributed by atoms with Crippen molar-refractivity contribution in [2.24, 2.45) is 0 Å². The van der Waals surface area contributed by atoms with Crippen LogP contribution >= 0.6 is 0 Å². The lowest BCUT2D eigenvalue weighted by Crippen LogP contribution is -2.04. The summed E-state index contributed by atoms with van der Waals surface area (Å²) in [4.78, 5) is 11.6. The van der Waals surface area contributed by atoms with Crippen LogP contribution in [-0.4, -0.2) is 5.97 Å². The van der Waals surface area contributed by atoms with E-state index in [0.29, 0.717) is 5.75 Å². The fourth-order valence-electron chi connectivity index (χ4n) is 3.30. The number of hydrogen-bond donors (Lipinski definition) is 0. The first kappa shape index (κ1) is 13.8. The lowest BCUT2D eigenvalue weighted by Gasteiger charge is -2.15. The molecule has 0 spiro atoms. The average Bonchev–Trinajstić information content (AvgIpc) is 2.57. The summed E-state index contributed by atoms with van der Waals surface area (Å²) < 4.78 is 5.58. The normalized spacial score (nSPS) is 11.2. The number of carbonyl (C=O) groups excluding carboxylic acids is 1. The lowest BCUT2D eigenvalue weighted by atomic mass is 9.94. The molecule has 112 valence electrons. The first-order valence-corrected chi connectivity index (χ1v) is 7.67. The highest BCUT2D eigenvalue weighted by molar-refractivity contribution is 6.16. The maximum atomic E-state index is 11.6. The van der Waals surface area contributed by atoms with Gasteiger partial charge in [0.25, 0.3) is 0 Å². The van der Waals surface area contributed by atoms with Crippen molar-refractivity contribution in [3.05, 3.63) is 66.2 Å². The van der Waals surface area contributed by atoms with Crippen LogP contribution in [0.15, 0.2) is 60.7 Å². The Balaban J connectivity index is 2.25. The zero-order valence-electron chi connectivity index (χ0n) is 13.1. The summed E-state index contributed by atoms with van der Waals surface area (Å²) in [6, 6.07) is 20.8. The minimum absolute atomic E-state index is 0.294. The molecule has 0 unspecified atom stereocenters. The van der Waals surface area contributed by atoms with Crippen LogP contribution in [-0.2, 0) is 4.79 Å². The van der Waals surface area contributed by atoms with Gasteiger partial charge in [-0.3, -0.25) is 4.79 Å². The van der Waals surface area contributed by atoms with Crippen LogP contribution in [0.4, 0.5) is 0 Å². The number of rotatable bonds is 1. The molecule has 0 bridgehead atoms. The lowest BCUT2D eigenvalue weighted by molar-refractivity contribution is -0.131. The number of carbonyl (C=O) groups is 1. The SMILES string of the molecule is CC(=O)Oc1c(C)c2ccccc2c2cc3ccccc3cc12. The van der Waals surface area contributed by atoms with Crippen molar-refractivity contribution in [3.8, 4) is 5.75 Å². The Hall–Kier alpha value is -2.87. The predicted octanol–water partition coefficient (Wildman–Crippen LogP) is 5.38. The van der Waals surface area contributed by atoms with Gasteiger partial charge in [0.1, 0.15) is 5.75 Å². The zero-order valence-corrected chi connectivity index (χ0v) is 13.1. The highest BCUT2D eigenvalue weighted by Crippen LogP contribution is 2.39. The topological polar surface area (TPSA) is 26.3 Å². The predicted molar refractivity (Wildman–Crippen MR) is 95.0 cm³/mol. The Morgan fingerprint density at radius 1 is 0.783 bits per heavy atom. The molecular formula is C21H16O2. The Kier molecular flexibility index (Phi) is 3.05. The van der Waals surface area contributed by atoms with E-state index >= 15 is 0 Å². The summed E-state index contributed by atoms with van der Waals surface area (Å²) >= 11 is 0. The van der Waals surface area contributed by atoms with Crippen LogP contribution in [0.5, 0.6) is 5.75 Å². The van der Waals surface area contributed by atoms with Crippen LogP contribution in [0.1, 0.15) is 12.5 Å². The van der Waals surface area contributed by atoms with E-state index in [2.05, 4.69) is 36.4 Å². The molecule has 0 atom stereocenters. The van der Waals surface area contributed by atoms with Crippen molar-refractivity contribution in [2.45, 2.75) is 13.8 Å². The average molecular weight is 300 g/mol. The molecule has 0 amide bonds. The van der Waals surface area contributed by atoms with Gasteiger partial charge in [0.2, 0.25) is 0 Å². The second kappa shape index (κ2) is 5.10. The summed E-state index contributed by atoms with van der Waals surface area (Å²) in [5.74, 6) is 0.370. The molecule has 0 saturated heterocycles. The van der Waals surface area contributed by atoms with Gasteiger partial charge >= 0.3 is 5.97 Å². The van der Waals surface area contributed by atoms with Gasteiger partial charge in [0.15, 0.2) is 0 Å². The Bertz CT molecular complexity index is 1080. The van der Waals surface area contributed by atoms with Crippen molar-refractivity contribution < 1.29 is 9.53 Å². The van der Waals surface area contributed by atoms with E-state index in [1.807, 2.05) is 31.2 Å². The first-order chi connectivity index (χ1) is 11.1.